The second-order valence-electron chi connectivity index (χ2n) is 8.53. The van der Waals surface area contributed by atoms with Gasteiger partial charge in [0.05, 0.1) is 0 Å². The number of benzene rings is 1. The first kappa shape index (κ1) is 19.8. The van der Waals surface area contributed by atoms with Gasteiger partial charge >= 0.3 is 6.09 Å². The minimum atomic E-state index is -0.470. The van der Waals surface area contributed by atoms with Crippen molar-refractivity contribution in [2.45, 2.75) is 78.7 Å². The molecule has 1 aliphatic rings. The molecule has 0 spiro atoms. The van der Waals surface area contributed by atoms with E-state index in [1.54, 1.807) is 0 Å². The number of hydrogen-bond donors (Lipinski definition) is 1. The molecule has 1 heterocycles. The van der Waals surface area contributed by atoms with E-state index in [9.17, 15) is 4.79 Å². The monoisotopic (exact) mass is 346 g/mol. The van der Waals surface area contributed by atoms with Crippen LogP contribution in [0.3, 0.4) is 0 Å². The molecule has 0 aromatic heterocycles. The van der Waals surface area contributed by atoms with Crippen LogP contribution < -0.4 is 5.32 Å². The topological polar surface area (TPSA) is 41.6 Å². The molecule has 2 rings (SSSR count). The van der Waals surface area contributed by atoms with Crippen molar-refractivity contribution >= 4 is 6.09 Å². The van der Waals surface area contributed by atoms with E-state index in [1.807, 2.05) is 20.8 Å². The molecular formula is C21H34N2O2. The Hall–Kier alpha value is -1.55. The lowest BCUT2D eigenvalue weighted by atomic mass is 9.76. The highest BCUT2D eigenvalue weighted by atomic mass is 16.6. The lowest BCUT2D eigenvalue weighted by Gasteiger charge is -2.50. The van der Waals surface area contributed by atoms with E-state index in [-0.39, 0.29) is 12.1 Å². The predicted molar refractivity (Wildman–Crippen MR) is 102 cm³/mol. The second kappa shape index (κ2) is 7.77. The standard InChI is InChI=1S/C21H34N2O2/c1-14-16(3)23(13-18-11-9-8-10-12-18)17(4)15(2)19(14)22-20(24)25-21(5,6)7/h8-12,14-17,19H,13H2,1-7H3,(H,22,24)/t14-,15+,16-,17+,19?. The van der Waals surface area contributed by atoms with Crippen molar-refractivity contribution < 1.29 is 9.53 Å². The van der Waals surface area contributed by atoms with Gasteiger partial charge in [0.15, 0.2) is 0 Å². The Morgan fingerprint density at radius 1 is 1.04 bits per heavy atom. The number of carbonyl (C=O) groups excluding carboxylic acids is 1. The number of carbonyl (C=O) groups is 1. The van der Waals surface area contributed by atoms with Crippen molar-refractivity contribution in [1.29, 1.82) is 0 Å². The number of ether oxygens (including phenoxy) is 1. The SMILES string of the molecule is C[C@@H]1C(NC(=O)OC(C)(C)C)[C@H](C)[C@@H](C)N(Cc2ccccc2)[C@H]1C. The largest absolute Gasteiger partial charge is 0.444 e. The fourth-order valence-electron chi connectivity index (χ4n) is 3.84. The zero-order valence-corrected chi connectivity index (χ0v) is 16.7. The Labute approximate surface area is 152 Å². The van der Waals surface area contributed by atoms with Gasteiger partial charge in [-0.25, -0.2) is 4.79 Å². The van der Waals surface area contributed by atoms with E-state index in [0.29, 0.717) is 23.9 Å². The number of amides is 1. The average molecular weight is 347 g/mol. The zero-order valence-electron chi connectivity index (χ0n) is 16.7. The summed E-state index contributed by atoms with van der Waals surface area (Å²) in [7, 11) is 0. The van der Waals surface area contributed by atoms with Crippen LogP contribution in [0.5, 0.6) is 0 Å². The highest BCUT2D eigenvalue weighted by Crippen LogP contribution is 2.33. The molecule has 1 fully saturated rings. The molecular weight excluding hydrogens is 312 g/mol. The number of rotatable bonds is 3. The van der Waals surface area contributed by atoms with Crippen LogP contribution in [0, 0.1) is 11.8 Å². The van der Waals surface area contributed by atoms with Gasteiger partial charge in [0.1, 0.15) is 5.60 Å². The van der Waals surface area contributed by atoms with Crippen LogP contribution in [0.1, 0.15) is 54.0 Å². The van der Waals surface area contributed by atoms with Crippen molar-refractivity contribution in [3.63, 3.8) is 0 Å². The number of nitrogens with one attached hydrogen (secondary N) is 1. The summed E-state index contributed by atoms with van der Waals surface area (Å²) in [6, 6.07) is 11.5. The van der Waals surface area contributed by atoms with Crippen LogP contribution in [-0.2, 0) is 11.3 Å². The van der Waals surface area contributed by atoms with Crippen LogP contribution in [0.25, 0.3) is 0 Å². The number of alkyl carbamates (subject to hydrolysis) is 1. The van der Waals surface area contributed by atoms with E-state index in [2.05, 4.69) is 68.2 Å². The summed E-state index contributed by atoms with van der Waals surface area (Å²) < 4.78 is 5.47. The molecule has 5 atom stereocenters. The lowest BCUT2D eigenvalue weighted by molar-refractivity contribution is -0.0119. The maximum atomic E-state index is 12.3. The van der Waals surface area contributed by atoms with Crippen LogP contribution in [0.2, 0.25) is 0 Å². The molecule has 0 saturated carbocycles. The maximum absolute atomic E-state index is 12.3. The molecule has 1 N–H and O–H groups in total. The maximum Gasteiger partial charge on any atom is 0.407 e. The first-order valence-corrected chi connectivity index (χ1v) is 9.39. The lowest BCUT2D eigenvalue weighted by Crippen LogP contribution is -2.62. The molecule has 4 heteroatoms. The summed E-state index contributed by atoms with van der Waals surface area (Å²) in [5.41, 5.74) is 0.862. The van der Waals surface area contributed by atoms with Crippen LogP contribution in [0.15, 0.2) is 30.3 Å². The fraction of sp³-hybridized carbons (Fsp3) is 0.667. The Bertz CT molecular complexity index is 551. The van der Waals surface area contributed by atoms with Crippen molar-refractivity contribution in [3.8, 4) is 0 Å². The molecule has 1 amide bonds. The van der Waals surface area contributed by atoms with Gasteiger partial charge in [0.2, 0.25) is 0 Å². The summed E-state index contributed by atoms with van der Waals surface area (Å²) >= 11 is 0. The summed E-state index contributed by atoms with van der Waals surface area (Å²) in [5.74, 6) is 0.699. The first-order valence-electron chi connectivity index (χ1n) is 9.39. The summed E-state index contributed by atoms with van der Waals surface area (Å²) in [4.78, 5) is 14.8. The quantitative estimate of drug-likeness (QED) is 0.879. The van der Waals surface area contributed by atoms with Gasteiger partial charge in [-0.05, 0) is 52.0 Å². The molecule has 4 nitrogen and oxygen atoms in total. The van der Waals surface area contributed by atoms with Gasteiger partial charge in [0, 0.05) is 24.7 Å². The predicted octanol–water partition coefficient (Wildman–Crippen LogP) is 4.44. The van der Waals surface area contributed by atoms with Crippen molar-refractivity contribution in [1.82, 2.24) is 10.2 Å². The molecule has 0 aliphatic carbocycles. The minimum absolute atomic E-state index is 0.117. The molecule has 1 aromatic rings. The Morgan fingerprint density at radius 3 is 2.04 bits per heavy atom. The van der Waals surface area contributed by atoms with Crippen LogP contribution in [-0.4, -0.2) is 34.7 Å². The fourth-order valence-corrected chi connectivity index (χ4v) is 3.84. The van der Waals surface area contributed by atoms with Gasteiger partial charge in [-0.2, -0.15) is 0 Å². The first-order chi connectivity index (χ1) is 11.6. The Kier molecular flexibility index (Phi) is 6.15. The number of nitrogens with zero attached hydrogens (tertiary/aromatic N) is 1. The zero-order chi connectivity index (χ0) is 18.8. The third-order valence-electron chi connectivity index (χ3n) is 5.59. The molecule has 25 heavy (non-hydrogen) atoms. The second-order valence-corrected chi connectivity index (χ2v) is 8.53. The molecule has 0 bridgehead atoms. The third kappa shape index (κ3) is 4.97. The van der Waals surface area contributed by atoms with Crippen molar-refractivity contribution in [2.24, 2.45) is 11.8 Å². The number of likely N-dealkylation sites (tertiary alicyclic amines) is 1. The van der Waals surface area contributed by atoms with Gasteiger partial charge in [-0.3, -0.25) is 4.90 Å². The van der Waals surface area contributed by atoms with Crippen LogP contribution in [0.4, 0.5) is 4.79 Å². The Morgan fingerprint density at radius 2 is 1.56 bits per heavy atom. The van der Waals surface area contributed by atoms with E-state index in [4.69, 9.17) is 4.74 Å². The third-order valence-corrected chi connectivity index (χ3v) is 5.59. The summed E-state index contributed by atoms with van der Waals surface area (Å²) in [6.45, 7) is 15.6. The van der Waals surface area contributed by atoms with Gasteiger partial charge in [0.25, 0.3) is 0 Å². The van der Waals surface area contributed by atoms with E-state index >= 15 is 0 Å². The van der Waals surface area contributed by atoms with E-state index in [0.717, 1.165) is 6.54 Å². The summed E-state index contributed by atoms with van der Waals surface area (Å²) in [5, 5.41) is 3.13. The van der Waals surface area contributed by atoms with E-state index < -0.39 is 5.60 Å². The molecule has 1 aliphatic heterocycles. The van der Waals surface area contributed by atoms with Crippen molar-refractivity contribution in [2.75, 3.05) is 0 Å². The van der Waals surface area contributed by atoms with Crippen molar-refractivity contribution in [3.05, 3.63) is 35.9 Å². The highest BCUT2D eigenvalue weighted by Gasteiger charge is 2.42. The molecule has 1 saturated heterocycles. The highest BCUT2D eigenvalue weighted by molar-refractivity contribution is 5.68. The molecule has 1 unspecified atom stereocenters. The smallest absolute Gasteiger partial charge is 0.407 e. The molecule has 0 radical (unpaired) electrons. The Balaban J connectivity index is 2.09. The van der Waals surface area contributed by atoms with E-state index in [1.165, 1.54) is 5.56 Å². The minimum Gasteiger partial charge on any atom is -0.444 e. The van der Waals surface area contributed by atoms with Crippen LogP contribution >= 0.6 is 0 Å². The number of piperidine rings is 1. The molecule has 140 valence electrons. The van der Waals surface area contributed by atoms with Gasteiger partial charge in [-0.1, -0.05) is 44.2 Å². The normalized spacial score (nSPS) is 30.8. The molecule has 1 aromatic carbocycles. The van der Waals surface area contributed by atoms with Gasteiger partial charge in [-0.15, -0.1) is 0 Å². The average Bonchev–Trinajstić information content (AvgIpc) is 2.53. The number of hydrogen-bond acceptors (Lipinski definition) is 3. The van der Waals surface area contributed by atoms with Gasteiger partial charge < -0.3 is 10.1 Å². The summed E-state index contributed by atoms with van der Waals surface area (Å²) in [6.07, 6.45) is -0.313.